The van der Waals surface area contributed by atoms with Gasteiger partial charge in [-0.15, -0.1) is 6.58 Å². The van der Waals surface area contributed by atoms with Gasteiger partial charge in [0, 0.05) is 13.2 Å². The lowest BCUT2D eigenvalue weighted by Gasteiger charge is -2.14. The number of ether oxygens (including phenoxy) is 2. The SMILES string of the molecule is C=CC.CCCCC1C(=O)NN(c2ccccc2)C1=O.CCOCC.OCCO.OCCOCCO. The Morgan fingerprint density at radius 2 is 1.42 bits per heavy atom. The van der Waals surface area contributed by atoms with Gasteiger partial charge in [0.1, 0.15) is 5.92 Å². The number of nitrogens with zero attached hydrogens (tertiary/aromatic N) is 1. The van der Waals surface area contributed by atoms with Gasteiger partial charge in [0.25, 0.3) is 11.8 Å². The van der Waals surface area contributed by atoms with Crippen LogP contribution in [0.2, 0.25) is 0 Å². The maximum Gasteiger partial charge on any atom is 0.258 e. The van der Waals surface area contributed by atoms with E-state index in [0.29, 0.717) is 25.3 Å². The highest BCUT2D eigenvalue weighted by molar-refractivity contribution is 6.14. The van der Waals surface area contributed by atoms with Gasteiger partial charge in [-0.25, -0.2) is 5.01 Å². The lowest BCUT2D eigenvalue weighted by Crippen LogP contribution is -2.35. The van der Waals surface area contributed by atoms with Crippen molar-refractivity contribution < 1.29 is 39.5 Å². The molecular weight excluding hydrogens is 468 g/mol. The fraction of sp³-hybridized carbons (Fsp3) is 0.615. The number of amides is 2. The molecule has 1 aliphatic heterocycles. The molecule has 210 valence electrons. The Balaban J connectivity index is -0.000000474. The fourth-order valence-electron chi connectivity index (χ4n) is 2.38. The average molecular weight is 517 g/mol. The Morgan fingerprint density at radius 1 is 0.917 bits per heavy atom. The van der Waals surface area contributed by atoms with E-state index < -0.39 is 5.92 Å². The summed E-state index contributed by atoms with van der Waals surface area (Å²) in [7, 11) is 0. The number of rotatable bonds is 11. The summed E-state index contributed by atoms with van der Waals surface area (Å²) in [6, 6.07) is 9.17. The summed E-state index contributed by atoms with van der Waals surface area (Å²) in [6.07, 6.45) is 4.26. The Labute approximate surface area is 216 Å². The largest absolute Gasteiger partial charge is 0.394 e. The number of allylic oxidation sites excluding steroid dienone is 1. The minimum Gasteiger partial charge on any atom is -0.394 e. The quantitative estimate of drug-likeness (QED) is 0.170. The maximum absolute atomic E-state index is 12.1. The number of hydrogen-bond acceptors (Lipinski definition) is 8. The highest BCUT2D eigenvalue weighted by Crippen LogP contribution is 2.22. The molecule has 1 fully saturated rings. The van der Waals surface area contributed by atoms with Gasteiger partial charge in [0.15, 0.2) is 0 Å². The van der Waals surface area contributed by atoms with E-state index in [9.17, 15) is 9.59 Å². The van der Waals surface area contributed by atoms with Crippen molar-refractivity contribution in [2.45, 2.75) is 47.0 Å². The first-order valence-corrected chi connectivity index (χ1v) is 12.3. The molecule has 2 amide bonds. The summed E-state index contributed by atoms with van der Waals surface area (Å²) >= 11 is 0. The lowest BCUT2D eigenvalue weighted by atomic mass is 10.0. The number of aliphatic hydroxyl groups excluding tert-OH is 4. The highest BCUT2D eigenvalue weighted by atomic mass is 16.5. The number of unbranched alkanes of at least 4 members (excludes halogenated alkanes) is 1. The number of anilines is 1. The Hall–Kier alpha value is -2.34. The molecule has 0 radical (unpaired) electrons. The molecule has 1 unspecified atom stereocenters. The first-order valence-electron chi connectivity index (χ1n) is 12.3. The van der Waals surface area contributed by atoms with E-state index in [0.717, 1.165) is 26.1 Å². The molecule has 5 N–H and O–H groups in total. The lowest BCUT2D eigenvalue weighted by molar-refractivity contribution is -0.127. The second kappa shape index (κ2) is 30.7. The molecule has 1 heterocycles. The summed E-state index contributed by atoms with van der Waals surface area (Å²) < 4.78 is 9.47. The first-order chi connectivity index (χ1) is 17.4. The van der Waals surface area contributed by atoms with E-state index in [1.165, 1.54) is 5.01 Å². The summed E-state index contributed by atoms with van der Waals surface area (Å²) in [5.41, 5.74) is 3.34. The van der Waals surface area contributed by atoms with E-state index in [4.69, 9.17) is 25.2 Å². The smallest absolute Gasteiger partial charge is 0.258 e. The molecule has 0 saturated carbocycles. The van der Waals surface area contributed by atoms with Crippen molar-refractivity contribution in [3.8, 4) is 0 Å². The third kappa shape index (κ3) is 22.1. The number of para-hydroxylation sites is 1. The summed E-state index contributed by atoms with van der Waals surface area (Å²) in [5, 5.41) is 32.8. The van der Waals surface area contributed by atoms with Crippen molar-refractivity contribution in [3.63, 3.8) is 0 Å². The standard InChI is InChI=1S/C13H16N2O2.C4H10O3.C4H10O.C3H6.C2H6O2/c1-2-3-9-11-12(16)14-15(13(11)17)10-7-5-4-6-8-10;5-1-3-7-4-2-6;1-3-5-4-2;1-3-2;3-1-2-4/h4-8,11H,2-3,9H2,1H3,(H,14,16);5-6H,1-4H2;3-4H2,1-2H3;3H,1H2,2H3;3-4H,1-2H2. The van der Waals surface area contributed by atoms with Crippen LogP contribution in [0.5, 0.6) is 0 Å². The van der Waals surface area contributed by atoms with Crippen LogP contribution in [0, 0.1) is 5.92 Å². The summed E-state index contributed by atoms with van der Waals surface area (Å²) in [4.78, 5) is 23.8. The minimum absolute atomic E-state index is 0.0278. The van der Waals surface area contributed by atoms with Crippen molar-refractivity contribution in [1.82, 2.24) is 5.43 Å². The van der Waals surface area contributed by atoms with Crippen LogP contribution in [0.25, 0.3) is 0 Å². The monoisotopic (exact) mass is 516 g/mol. The Bertz CT molecular complexity index is 609. The maximum atomic E-state index is 12.1. The minimum atomic E-state index is -0.518. The third-order valence-electron chi connectivity index (χ3n) is 3.90. The fourth-order valence-corrected chi connectivity index (χ4v) is 2.38. The van der Waals surface area contributed by atoms with Crippen LogP contribution in [-0.2, 0) is 19.1 Å². The van der Waals surface area contributed by atoms with E-state index in [1.807, 2.05) is 45.9 Å². The average Bonchev–Trinajstić information content (AvgIpc) is 3.18. The number of aliphatic hydroxyl groups is 4. The van der Waals surface area contributed by atoms with Crippen LogP contribution in [0.4, 0.5) is 5.69 Å². The zero-order valence-electron chi connectivity index (χ0n) is 22.4. The van der Waals surface area contributed by atoms with Gasteiger partial charge in [0.05, 0.1) is 45.3 Å². The third-order valence-corrected chi connectivity index (χ3v) is 3.90. The molecule has 0 aliphatic carbocycles. The molecule has 2 rings (SSSR count). The Morgan fingerprint density at radius 3 is 1.78 bits per heavy atom. The number of hydrazine groups is 1. The van der Waals surface area contributed by atoms with Crippen molar-refractivity contribution in [2.24, 2.45) is 5.92 Å². The predicted octanol–water partition coefficient (Wildman–Crippen LogP) is 2.06. The van der Waals surface area contributed by atoms with Gasteiger partial charge in [-0.05, 0) is 39.3 Å². The molecule has 1 aromatic carbocycles. The highest BCUT2D eigenvalue weighted by Gasteiger charge is 2.39. The number of carbonyl (C=O) groups is 2. The zero-order chi connectivity index (χ0) is 28.0. The van der Waals surface area contributed by atoms with Gasteiger partial charge >= 0.3 is 0 Å². The summed E-state index contributed by atoms with van der Waals surface area (Å²) in [5.74, 6) is -0.850. The second-order valence-corrected chi connectivity index (χ2v) is 6.88. The van der Waals surface area contributed by atoms with Gasteiger partial charge in [0.2, 0.25) is 0 Å². The number of hydrogen-bond donors (Lipinski definition) is 5. The van der Waals surface area contributed by atoms with E-state index >= 15 is 0 Å². The van der Waals surface area contributed by atoms with Crippen LogP contribution < -0.4 is 10.4 Å². The van der Waals surface area contributed by atoms with Crippen LogP contribution in [0.15, 0.2) is 43.0 Å². The van der Waals surface area contributed by atoms with Crippen LogP contribution in [0.1, 0.15) is 47.0 Å². The van der Waals surface area contributed by atoms with Crippen molar-refractivity contribution in [1.29, 1.82) is 0 Å². The van der Waals surface area contributed by atoms with Crippen LogP contribution in [-0.4, -0.2) is 85.1 Å². The van der Waals surface area contributed by atoms with E-state index in [2.05, 4.69) is 16.7 Å². The Kier molecular flexibility index (Phi) is 32.6. The van der Waals surface area contributed by atoms with Crippen molar-refractivity contribution in [3.05, 3.63) is 43.0 Å². The molecule has 10 nitrogen and oxygen atoms in total. The van der Waals surface area contributed by atoms with E-state index in [1.54, 1.807) is 18.2 Å². The number of benzene rings is 1. The second-order valence-electron chi connectivity index (χ2n) is 6.88. The molecule has 1 aromatic rings. The van der Waals surface area contributed by atoms with Crippen LogP contribution in [0.3, 0.4) is 0 Å². The zero-order valence-corrected chi connectivity index (χ0v) is 22.4. The number of nitrogens with one attached hydrogen (secondary N) is 1. The van der Waals surface area contributed by atoms with Crippen LogP contribution >= 0.6 is 0 Å². The molecule has 1 aliphatic rings. The first kappa shape index (κ1) is 38.2. The van der Waals surface area contributed by atoms with Gasteiger partial charge in [-0.3, -0.25) is 15.0 Å². The van der Waals surface area contributed by atoms with Gasteiger partial charge < -0.3 is 29.9 Å². The van der Waals surface area contributed by atoms with E-state index in [-0.39, 0.29) is 38.2 Å². The normalized spacial score (nSPS) is 13.4. The molecule has 0 aromatic heterocycles. The number of carbonyl (C=O) groups excluding carboxylic acids is 2. The van der Waals surface area contributed by atoms with Gasteiger partial charge in [-0.2, -0.15) is 0 Å². The molecular formula is C26H48N2O8. The molecule has 0 spiro atoms. The molecule has 0 bridgehead atoms. The predicted molar refractivity (Wildman–Crippen MR) is 142 cm³/mol. The summed E-state index contributed by atoms with van der Waals surface area (Å²) in [6.45, 7) is 13.4. The molecule has 10 heteroatoms. The molecule has 1 saturated heterocycles. The molecule has 1 atom stereocenters. The van der Waals surface area contributed by atoms with Crippen molar-refractivity contribution in [2.75, 3.05) is 57.9 Å². The van der Waals surface area contributed by atoms with Crippen molar-refractivity contribution >= 4 is 17.5 Å². The molecule has 36 heavy (non-hydrogen) atoms. The topological polar surface area (TPSA) is 149 Å². The van der Waals surface area contributed by atoms with Gasteiger partial charge in [-0.1, -0.05) is 44.0 Å².